The van der Waals surface area contributed by atoms with Crippen LogP contribution < -0.4 is 0 Å². The minimum atomic E-state index is -0.793. The van der Waals surface area contributed by atoms with Gasteiger partial charge in [0.2, 0.25) is 0 Å². The van der Waals surface area contributed by atoms with Crippen molar-refractivity contribution in [3.05, 3.63) is 0 Å². The highest BCUT2D eigenvalue weighted by atomic mass is 16.4. The van der Waals surface area contributed by atoms with Crippen molar-refractivity contribution in [1.82, 2.24) is 9.80 Å². The molecule has 2 heterocycles. The lowest BCUT2D eigenvalue weighted by atomic mass is 9.93. The molecule has 0 spiro atoms. The summed E-state index contributed by atoms with van der Waals surface area (Å²) in [5.41, 5.74) is -0.662. The van der Waals surface area contributed by atoms with Gasteiger partial charge in [0.15, 0.2) is 0 Å². The van der Waals surface area contributed by atoms with Gasteiger partial charge in [0, 0.05) is 32.6 Å². The van der Waals surface area contributed by atoms with E-state index in [1.807, 2.05) is 0 Å². The number of carbonyl (C=O) groups is 2. The first-order valence-corrected chi connectivity index (χ1v) is 7.35. The summed E-state index contributed by atoms with van der Waals surface area (Å²) < 4.78 is 0. The first kappa shape index (κ1) is 15.1. The summed E-state index contributed by atoms with van der Waals surface area (Å²) in [6, 6.07) is -0.00408. The van der Waals surface area contributed by atoms with Crippen LogP contribution in [-0.4, -0.2) is 63.8 Å². The number of nitrogens with zero attached hydrogens (tertiary/aromatic N) is 2. The van der Waals surface area contributed by atoms with E-state index in [9.17, 15) is 14.7 Å². The van der Waals surface area contributed by atoms with E-state index < -0.39 is 11.6 Å². The lowest BCUT2D eigenvalue weighted by Gasteiger charge is -2.40. The van der Waals surface area contributed by atoms with Crippen LogP contribution in [-0.2, 0) is 4.79 Å². The topological polar surface area (TPSA) is 81.1 Å². The summed E-state index contributed by atoms with van der Waals surface area (Å²) in [5.74, 6) is -0.726. The number of carboxylic acid groups (broad SMARTS) is 1. The number of carbonyl (C=O) groups excluding carboxylic acids is 1. The molecule has 2 aliphatic heterocycles. The van der Waals surface area contributed by atoms with Crippen molar-refractivity contribution >= 4 is 12.0 Å². The number of hydrogen-bond acceptors (Lipinski definition) is 3. The smallest absolute Gasteiger partial charge is 0.320 e. The molecule has 0 bridgehead atoms. The monoisotopic (exact) mass is 284 g/mol. The molecule has 0 radical (unpaired) electrons. The van der Waals surface area contributed by atoms with E-state index in [1.54, 1.807) is 16.7 Å². The lowest BCUT2D eigenvalue weighted by molar-refractivity contribution is -0.138. The Morgan fingerprint density at radius 1 is 1.20 bits per heavy atom. The largest absolute Gasteiger partial charge is 0.481 e. The maximum atomic E-state index is 12.4. The van der Waals surface area contributed by atoms with Crippen LogP contribution in [0.4, 0.5) is 4.79 Å². The highest BCUT2D eigenvalue weighted by Crippen LogP contribution is 2.24. The summed E-state index contributed by atoms with van der Waals surface area (Å²) in [5, 5.41) is 18.8. The molecule has 2 aliphatic rings. The Kier molecular flexibility index (Phi) is 4.52. The van der Waals surface area contributed by atoms with Crippen LogP contribution in [0.1, 0.15) is 39.0 Å². The Morgan fingerprint density at radius 3 is 2.45 bits per heavy atom. The summed E-state index contributed by atoms with van der Waals surface area (Å²) in [7, 11) is 0. The number of piperidine rings is 2. The van der Waals surface area contributed by atoms with Crippen molar-refractivity contribution in [2.45, 2.75) is 44.6 Å². The molecule has 0 aliphatic carbocycles. The number of aliphatic hydroxyl groups is 1. The maximum absolute atomic E-state index is 12.4. The van der Waals surface area contributed by atoms with Crippen LogP contribution >= 0.6 is 0 Å². The van der Waals surface area contributed by atoms with E-state index in [2.05, 4.69) is 0 Å². The normalized spacial score (nSPS) is 26.4. The van der Waals surface area contributed by atoms with Crippen molar-refractivity contribution in [2.75, 3.05) is 26.2 Å². The van der Waals surface area contributed by atoms with Gasteiger partial charge in [-0.3, -0.25) is 4.79 Å². The van der Waals surface area contributed by atoms with Gasteiger partial charge in [0.25, 0.3) is 0 Å². The zero-order valence-electron chi connectivity index (χ0n) is 12.0. The number of hydrogen-bond donors (Lipinski definition) is 2. The second kappa shape index (κ2) is 5.99. The lowest BCUT2D eigenvalue weighted by Crippen LogP contribution is -2.52. The average Bonchev–Trinajstić information content (AvgIpc) is 2.37. The number of carboxylic acids is 1. The molecule has 114 valence electrons. The minimum Gasteiger partial charge on any atom is -0.481 e. The molecule has 20 heavy (non-hydrogen) atoms. The molecule has 1 unspecified atom stereocenters. The predicted octanol–water partition coefficient (Wildman–Crippen LogP) is 1.14. The quantitative estimate of drug-likeness (QED) is 0.797. The summed E-state index contributed by atoms with van der Waals surface area (Å²) in [6.07, 6.45) is 3.09. The molecule has 0 aromatic heterocycles. The number of likely N-dealkylation sites (tertiary alicyclic amines) is 2. The van der Waals surface area contributed by atoms with E-state index in [4.69, 9.17) is 5.11 Å². The zero-order valence-corrected chi connectivity index (χ0v) is 12.0. The van der Waals surface area contributed by atoms with E-state index in [-0.39, 0.29) is 18.4 Å². The zero-order chi connectivity index (χ0) is 14.8. The highest BCUT2D eigenvalue weighted by Gasteiger charge is 2.33. The molecule has 1 atom stereocenters. The van der Waals surface area contributed by atoms with Crippen molar-refractivity contribution < 1.29 is 19.8 Å². The highest BCUT2D eigenvalue weighted by molar-refractivity contribution is 5.75. The van der Waals surface area contributed by atoms with Gasteiger partial charge in [0.1, 0.15) is 0 Å². The van der Waals surface area contributed by atoms with Crippen molar-refractivity contribution in [2.24, 2.45) is 5.92 Å². The molecule has 6 heteroatoms. The Bertz CT molecular complexity index is 373. The van der Waals surface area contributed by atoms with Crippen LogP contribution in [0.3, 0.4) is 0 Å². The van der Waals surface area contributed by atoms with Crippen LogP contribution in [0.25, 0.3) is 0 Å². The fourth-order valence-corrected chi connectivity index (χ4v) is 3.03. The molecule has 2 amide bonds. The molecule has 0 aromatic carbocycles. The van der Waals surface area contributed by atoms with Gasteiger partial charge in [-0.1, -0.05) is 0 Å². The molecule has 2 fully saturated rings. The first-order valence-electron chi connectivity index (χ1n) is 7.35. The second-order valence-corrected chi connectivity index (χ2v) is 6.32. The van der Waals surface area contributed by atoms with Crippen LogP contribution in [0.5, 0.6) is 0 Å². The van der Waals surface area contributed by atoms with Gasteiger partial charge in [-0.25, -0.2) is 4.79 Å². The summed E-state index contributed by atoms with van der Waals surface area (Å²) in [6.45, 7) is 4.20. The van der Waals surface area contributed by atoms with Crippen LogP contribution in [0, 0.1) is 5.92 Å². The standard InChI is InChI=1S/C14H24N2O4/c1-14(20)4-7-15(8-5-14)13(19)16-6-2-3-11(10-16)9-12(17)18/h11,20H,2-10H2,1H3,(H,17,18). The third kappa shape index (κ3) is 3.85. The Hall–Kier alpha value is -1.30. The third-order valence-corrected chi connectivity index (χ3v) is 4.36. The molecule has 2 saturated heterocycles. The molecule has 0 saturated carbocycles. The Labute approximate surface area is 119 Å². The summed E-state index contributed by atoms with van der Waals surface area (Å²) >= 11 is 0. The molecule has 6 nitrogen and oxygen atoms in total. The Balaban J connectivity index is 1.87. The molecule has 2 rings (SSSR count). The van der Waals surface area contributed by atoms with Crippen LogP contribution in [0.2, 0.25) is 0 Å². The molecule has 2 N–H and O–H groups in total. The number of aliphatic carboxylic acids is 1. The van der Waals surface area contributed by atoms with Crippen molar-refractivity contribution in [3.8, 4) is 0 Å². The third-order valence-electron chi connectivity index (χ3n) is 4.36. The maximum Gasteiger partial charge on any atom is 0.320 e. The van der Waals surface area contributed by atoms with Crippen LogP contribution in [0.15, 0.2) is 0 Å². The van der Waals surface area contributed by atoms with Gasteiger partial charge in [-0.2, -0.15) is 0 Å². The number of urea groups is 1. The average molecular weight is 284 g/mol. The predicted molar refractivity (Wildman–Crippen MR) is 73.4 cm³/mol. The van der Waals surface area contributed by atoms with Gasteiger partial charge < -0.3 is 20.0 Å². The fraction of sp³-hybridized carbons (Fsp3) is 0.857. The first-order chi connectivity index (χ1) is 9.37. The van der Waals surface area contributed by atoms with E-state index in [0.717, 1.165) is 12.8 Å². The van der Waals surface area contributed by atoms with E-state index in [0.29, 0.717) is 39.0 Å². The second-order valence-electron chi connectivity index (χ2n) is 6.32. The number of rotatable bonds is 2. The van der Waals surface area contributed by atoms with Gasteiger partial charge in [-0.05, 0) is 38.5 Å². The fourth-order valence-electron chi connectivity index (χ4n) is 3.03. The van der Waals surface area contributed by atoms with E-state index >= 15 is 0 Å². The van der Waals surface area contributed by atoms with Gasteiger partial charge in [-0.15, -0.1) is 0 Å². The molecular weight excluding hydrogens is 260 g/mol. The van der Waals surface area contributed by atoms with Crippen molar-refractivity contribution in [1.29, 1.82) is 0 Å². The Morgan fingerprint density at radius 2 is 1.85 bits per heavy atom. The number of amides is 2. The van der Waals surface area contributed by atoms with Gasteiger partial charge in [0.05, 0.1) is 5.60 Å². The molecule has 0 aromatic rings. The minimum absolute atomic E-state index is 0.00408. The molecular formula is C14H24N2O4. The SMILES string of the molecule is CC1(O)CCN(C(=O)N2CCCC(CC(=O)O)C2)CC1. The van der Waals surface area contributed by atoms with E-state index in [1.165, 1.54) is 0 Å². The van der Waals surface area contributed by atoms with Crippen molar-refractivity contribution in [3.63, 3.8) is 0 Å². The summed E-state index contributed by atoms with van der Waals surface area (Å²) in [4.78, 5) is 26.7. The van der Waals surface area contributed by atoms with Gasteiger partial charge >= 0.3 is 12.0 Å².